The highest BCUT2D eigenvalue weighted by Crippen LogP contribution is 2.22. The van der Waals surface area contributed by atoms with Crippen molar-refractivity contribution >= 4 is 0 Å². The molecule has 0 saturated carbocycles. The molecule has 0 aliphatic carbocycles. The average Bonchev–Trinajstić information content (AvgIpc) is 2.14. The second-order valence-electron chi connectivity index (χ2n) is 4.90. The SMILES string of the molecule is CCCCC(C)(C)N(CCC)CCC. The lowest BCUT2D eigenvalue weighted by atomic mass is 9.94. The molecule has 0 aliphatic rings. The molecule has 0 amide bonds. The summed E-state index contributed by atoms with van der Waals surface area (Å²) in [7, 11) is 0. The lowest BCUT2D eigenvalue weighted by molar-refractivity contribution is 0.108. The minimum atomic E-state index is 0.405. The van der Waals surface area contributed by atoms with Gasteiger partial charge in [-0.25, -0.2) is 0 Å². The maximum atomic E-state index is 2.66. The van der Waals surface area contributed by atoms with E-state index in [-0.39, 0.29) is 0 Å². The van der Waals surface area contributed by atoms with Crippen molar-refractivity contribution in [3.05, 3.63) is 0 Å². The lowest BCUT2D eigenvalue weighted by Crippen LogP contribution is -2.44. The van der Waals surface area contributed by atoms with E-state index in [0.29, 0.717) is 5.54 Å². The molecule has 0 unspecified atom stereocenters. The van der Waals surface area contributed by atoms with E-state index in [4.69, 9.17) is 0 Å². The number of nitrogens with zero attached hydrogens (tertiary/aromatic N) is 1. The second kappa shape index (κ2) is 7.28. The highest BCUT2D eigenvalue weighted by molar-refractivity contribution is 4.80. The van der Waals surface area contributed by atoms with E-state index in [1.165, 1.54) is 45.2 Å². The van der Waals surface area contributed by atoms with E-state index in [1.807, 2.05) is 0 Å². The quantitative estimate of drug-likeness (QED) is 0.569. The Morgan fingerprint density at radius 2 is 1.36 bits per heavy atom. The van der Waals surface area contributed by atoms with Gasteiger partial charge < -0.3 is 0 Å². The Morgan fingerprint density at radius 1 is 0.857 bits per heavy atom. The standard InChI is InChI=1S/C13H29N/c1-6-9-10-13(4,5)14(11-7-2)12-8-3/h6-12H2,1-5H3. The number of rotatable bonds is 8. The fourth-order valence-electron chi connectivity index (χ4n) is 2.02. The molecule has 0 saturated heterocycles. The van der Waals surface area contributed by atoms with E-state index >= 15 is 0 Å². The monoisotopic (exact) mass is 199 g/mol. The Hall–Kier alpha value is -0.0400. The molecule has 0 heterocycles. The Kier molecular flexibility index (Phi) is 7.26. The van der Waals surface area contributed by atoms with Crippen LogP contribution in [0.5, 0.6) is 0 Å². The first kappa shape index (κ1) is 14.0. The van der Waals surface area contributed by atoms with Crippen LogP contribution in [0.15, 0.2) is 0 Å². The van der Waals surface area contributed by atoms with Gasteiger partial charge in [0, 0.05) is 5.54 Å². The van der Waals surface area contributed by atoms with Gasteiger partial charge in [-0.3, -0.25) is 4.90 Å². The van der Waals surface area contributed by atoms with Crippen molar-refractivity contribution in [2.24, 2.45) is 0 Å². The number of hydrogen-bond donors (Lipinski definition) is 0. The molecular weight excluding hydrogens is 170 g/mol. The van der Waals surface area contributed by atoms with Crippen LogP contribution < -0.4 is 0 Å². The van der Waals surface area contributed by atoms with Crippen molar-refractivity contribution in [2.45, 2.75) is 72.3 Å². The molecule has 0 spiro atoms. The van der Waals surface area contributed by atoms with Gasteiger partial charge >= 0.3 is 0 Å². The molecule has 1 nitrogen and oxygen atoms in total. The number of hydrogen-bond acceptors (Lipinski definition) is 1. The summed E-state index contributed by atoms with van der Waals surface area (Å²) in [5.74, 6) is 0. The third-order valence-corrected chi connectivity index (χ3v) is 2.99. The average molecular weight is 199 g/mol. The molecule has 0 radical (unpaired) electrons. The van der Waals surface area contributed by atoms with Crippen molar-refractivity contribution in [1.82, 2.24) is 4.90 Å². The summed E-state index contributed by atoms with van der Waals surface area (Å²) in [6.07, 6.45) is 6.56. The minimum Gasteiger partial charge on any atom is -0.298 e. The Morgan fingerprint density at radius 3 is 1.71 bits per heavy atom. The Balaban J connectivity index is 4.13. The van der Waals surface area contributed by atoms with Gasteiger partial charge in [-0.15, -0.1) is 0 Å². The summed E-state index contributed by atoms with van der Waals surface area (Å²) in [6.45, 7) is 14.1. The fourth-order valence-corrected chi connectivity index (χ4v) is 2.02. The van der Waals surface area contributed by atoms with E-state index < -0.39 is 0 Å². The molecule has 0 N–H and O–H groups in total. The minimum absolute atomic E-state index is 0.405. The van der Waals surface area contributed by atoms with Gasteiger partial charge in [0.1, 0.15) is 0 Å². The van der Waals surface area contributed by atoms with Crippen LogP contribution in [0, 0.1) is 0 Å². The molecular formula is C13H29N. The predicted octanol–water partition coefficient (Wildman–Crippen LogP) is 4.08. The van der Waals surface area contributed by atoms with Crippen molar-refractivity contribution in [3.63, 3.8) is 0 Å². The maximum absolute atomic E-state index is 2.66. The van der Waals surface area contributed by atoms with Crippen LogP contribution in [0.3, 0.4) is 0 Å². The first-order valence-corrected chi connectivity index (χ1v) is 6.33. The third kappa shape index (κ3) is 4.99. The predicted molar refractivity (Wildman–Crippen MR) is 65.8 cm³/mol. The van der Waals surface area contributed by atoms with E-state index in [2.05, 4.69) is 39.5 Å². The molecule has 0 aromatic rings. The van der Waals surface area contributed by atoms with Crippen LogP contribution in [0.1, 0.15) is 66.7 Å². The van der Waals surface area contributed by atoms with Crippen LogP contribution in [0.25, 0.3) is 0 Å². The highest BCUT2D eigenvalue weighted by atomic mass is 15.2. The fraction of sp³-hybridized carbons (Fsp3) is 1.00. The molecule has 86 valence electrons. The maximum Gasteiger partial charge on any atom is 0.0153 e. The largest absolute Gasteiger partial charge is 0.298 e. The summed E-state index contributed by atoms with van der Waals surface area (Å²) in [4.78, 5) is 2.66. The molecule has 0 atom stereocenters. The van der Waals surface area contributed by atoms with Crippen LogP contribution in [-0.4, -0.2) is 23.5 Å². The van der Waals surface area contributed by atoms with Gasteiger partial charge in [0.05, 0.1) is 0 Å². The zero-order valence-electron chi connectivity index (χ0n) is 10.9. The smallest absolute Gasteiger partial charge is 0.0153 e. The molecule has 14 heavy (non-hydrogen) atoms. The van der Waals surface area contributed by atoms with Crippen LogP contribution in [0.4, 0.5) is 0 Å². The molecule has 0 fully saturated rings. The lowest BCUT2D eigenvalue weighted by Gasteiger charge is -2.38. The van der Waals surface area contributed by atoms with Crippen molar-refractivity contribution in [2.75, 3.05) is 13.1 Å². The zero-order valence-corrected chi connectivity index (χ0v) is 10.9. The second-order valence-corrected chi connectivity index (χ2v) is 4.90. The summed E-state index contributed by atoms with van der Waals surface area (Å²) in [5, 5.41) is 0. The van der Waals surface area contributed by atoms with Crippen molar-refractivity contribution < 1.29 is 0 Å². The van der Waals surface area contributed by atoms with Crippen molar-refractivity contribution in [1.29, 1.82) is 0 Å². The third-order valence-electron chi connectivity index (χ3n) is 2.99. The van der Waals surface area contributed by atoms with Crippen LogP contribution in [0.2, 0.25) is 0 Å². The molecule has 0 aromatic carbocycles. The van der Waals surface area contributed by atoms with Gasteiger partial charge in [0.15, 0.2) is 0 Å². The summed E-state index contributed by atoms with van der Waals surface area (Å²) in [5.41, 5.74) is 0.405. The summed E-state index contributed by atoms with van der Waals surface area (Å²) < 4.78 is 0. The van der Waals surface area contributed by atoms with E-state index in [9.17, 15) is 0 Å². The van der Waals surface area contributed by atoms with Gasteiger partial charge in [0.25, 0.3) is 0 Å². The first-order chi connectivity index (χ1) is 6.58. The Bertz CT molecular complexity index is 123. The van der Waals surface area contributed by atoms with E-state index in [1.54, 1.807) is 0 Å². The van der Waals surface area contributed by atoms with Crippen LogP contribution in [-0.2, 0) is 0 Å². The van der Waals surface area contributed by atoms with E-state index in [0.717, 1.165) is 0 Å². The Labute approximate surface area is 90.9 Å². The number of unbranched alkanes of at least 4 members (excludes halogenated alkanes) is 1. The van der Waals surface area contributed by atoms with Gasteiger partial charge in [0.2, 0.25) is 0 Å². The van der Waals surface area contributed by atoms with Crippen molar-refractivity contribution in [3.8, 4) is 0 Å². The molecule has 0 aliphatic heterocycles. The highest BCUT2D eigenvalue weighted by Gasteiger charge is 2.24. The normalized spacial score (nSPS) is 12.4. The van der Waals surface area contributed by atoms with Gasteiger partial charge in [-0.2, -0.15) is 0 Å². The topological polar surface area (TPSA) is 3.24 Å². The zero-order chi connectivity index (χ0) is 11.0. The molecule has 1 heteroatoms. The molecule has 0 bridgehead atoms. The molecule has 0 aromatic heterocycles. The van der Waals surface area contributed by atoms with Crippen LogP contribution >= 0.6 is 0 Å². The van der Waals surface area contributed by atoms with Gasteiger partial charge in [-0.05, 0) is 46.2 Å². The first-order valence-electron chi connectivity index (χ1n) is 6.33. The summed E-state index contributed by atoms with van der Waals surface area (Å²) >= 11 is 0. The molecule has 0 rings (SSSR count). The van der Waals surface area contributed by atoms with Gasteiger partial charge in [-0.1, -0.05) is 33.6 Å². The summed E-state index contributed by atoms with van der Waals surface area (Å²) in [6, 6.07) is 0.